The van der Waals surface area contributed by atoms with E-state index in [0.717, 1.165) is 0 Å². The van der Waals surface area contributed by atoms with E-state index in [1.165, 1.54) is 0 Å². The van der Waals surface area contributed by atoms with Crippen molar-refractivity contribution < 1.29 is 53.2 Å². The first-order valence-electron chi connectivity index (χ1n) is 13.4. The zero-order valence-corrected chi connectivity index (χ0v) is 32.1. The lowest BCUT2D eigenvalue weighted by molar-refractivity contribution is -0.139. The molecule has 0 aromatic carbocycles. The maximum absolute atomic E-state index is 11.7. The summed E-state index contributed by atoms with van der Waals surface area (Å²) < 4.78 is 59.4. The maximum Gasteiger partial charge on any atom is 0.491 e. The number of esters is 2. The predicted molar refractivity (Wildman–Crippen MR) is 167 cm³/mol. The molecule has 0 saturated carbocycles. The van der Waals surface area contributed by atoms with Crippen molar-refractivity contribution in [1.29, 1.82) is 0 Å². The van der Waals surface area contributed by atoms with E-state index in [-0.39, 0.29) is 13.2 Å². The molecular weight excluding hydrogens is 621 g/mol. The Balaban J connectivity index is 5.34. The third-order valence-corrected chi connectivity index (χ3v) is 24.2. The van der Waals surface area contributed by atoms with Gasteiger partial charge in [0.25, 0.3) is 0 Å². The van der Waals surface area contributed by atoms with Crippen LogP contribution in [0.15, 0.2) is 24.3 Å². The summed E-state index contributed by atoms with van der Waals surface area (Å²) in [6, 6.07) is 0.875. The minimum Gasteiger partial charge on any atom is -0.462 e. The van der Waals surface area contributed by atoms with E-state index in [2.05, 4.69) is 13.2 Å². The van der Waals surface area contributed by atoms with Crippen molar-refractivity contribution >= 4 is 55.2 Å². The van der Waals surface area contributed by atoms with E-state index < -0.39 is 55.2 Å². The Bertz CT molecular complexity index is 805. The molecule has 0 rings (SSSR count). The summed E-state index contributed by atoms with van der Waals surface area (Å²) in [6.45, 7) is 22.3. The van der Waals surface area contributed by atoms with Gasteiger partial charge in [-0.05, 0) is 66.0 Å². The average Bonchev–Trinajstić information content (AvgIpc) is 2.85. The van der Waals surface area contributed by atoms with Gasteiger partial charge in [0.1, 0.15) is 0 Å². The average molecular weight is 673 g/mol. The summed E-state index contributed by atoms with van der Waals surface area (Å²) in [5.74, 6) is -0.879. The molecule has 17 heteroatoms. The smallest absolute Gasteiger partial charge is 0.462 e. The van der Waals surface area contributed by atoms with Crippen molar-refractivity contribution in [3.63, 3.8) is 0 Å². The highest BCUT2D eigenvalue weighted by Gasteiger charge is 2.51. The summed E-state index contributed by atoms with van der Waals surface area (Å²) in [7, 11) is -8.59. The van der Waals surface area contributed by atoms with E-state index in [1.54, 1.807) is 42.3 Å². The van der Waals surface area contributed by atoms with Crippen LogP contribution in [0, 0.1) is 0 Å². The molecule has 12 nitrogen and oxygen atoms in total. The Hall–Kier alpha value is -0.816. The van der Waals surface area contributed by atoms with Gasteiger partial charge < -0.3 is 43.6 Å². The molecule has 0 spiro atoms. The highest BCUT2D eigenvalue weighted by atomic mass is 28.5. The van der Waals surface area contributed by atoms with Gasteiger partial charge >= 0.3 is 55.2 Å². The second kappa shape index (κ2) is 17.5. The molecule has 0 N–H and O–H groups in total. The fourth-order valence-electron chi connectivity index (χ4n) is 3.99. The Morgan fingerprint density at radius 3 is 1.05 bits per heavy atom. The number of carbonyl (C=O) groups is 2. The zero-order valence-electron chi connectivity index (χ0n) is 27.1. The molecule has 0 bridgehead atoms. The first-order valence-corrected chi connectivity index (χ1v) is 25.7. The standard InChI is InChI=1S/C24H52O12Si5/c1-21(2)23(25)31-17-15-19-40(27-5,28-6)35-38(11,12)33-37(9,10)34-39(13,14)36-41(29-7,30-8)20-16-18-32-24(26)22(3)4/h1,3,15-20H2,2,4-14H3. The monoisotopic (exact) mass is 672 g/mol. The first-order chi connectivity index (χ1) is 18.7. The lowest BCUT2D eigenvalue weighted by Crippen LogP contribution is -2.61. The van der Waals surface area contributed by atoms with E-state index in [0.29, 0.717) is 36.1 Å². The highest BCUT2D eigenvalue weighted by molar-refractivity contribution is 6.88. The molecule has 0 aliphatic heterocycles. The molecule has 0 aromatic rings. The Kier molecular flexibility index (Phi) is 17.1. The molecule has 41 heavy (non-hydrogen) atoms. The minimum atomic E-state index is -3.12. The van der Waals surface area contributed by atoms with Crippen LogP contribution in [0.5, 0.6) is 0 Å². The van der Waals surface area contributed by atoms with Gasteiger partial charge in [-0.1, -0.05) is 13.2 Å². The molecule has 240 valence electrons. The van der Waals surface area contributed by atoms with E-state index in [1.807, 2.05) is 39.3 Å². The summed E-state index contributed by atoms with van der Waals surface area (Å²) in [5, 5.41) is 0. The van der Waals surface area contributed by atoms with Crippen LogP contribution >= 0.6 is 0 Å². The molecule has 0 aliphatic rings. The lowest BCUT2D eigenvalue weighted by Gasteiger charge is -2.42. The molecule has 0 amide bonds. The van der Waals surface area contributed by atoms with Crippen LogP contribution in [0.4, 0.5) is 0 Å². The van der Waals surface area contributed by atoms with Gasteiger partial charge in [-0.2, -0.15) is 0 Å². The third-order valence-electron chi connectivity index (χ3n) is 5.45. The van der Waals surface area contributed by atoms with Crippen LogP contribution < -0.4 is 0 Å². The quantitative estimate of drug-likeness (QED) is 0.0688. The molecule has 0 heterocycles. The van der Waals surface area contributed by atoms with Crippen molar-refractivity contribution in [2.45, 2.75) is 78.1 Å². The van der Waals surface area contributed by atoms with Gasteiger partial charge in [0.2, 0.25) is 0 Å². The molecule has 0 radical (unpaired) electrons. The van der Waals surface area contributed by atoms with Gasteiger partial charge in [0, 0.05) is 51.7 Å². The third kappa shape index (κ3) is 15.5. The fourth-order valence-corrected chi connectivity index (χ4v) is 25.5. The number of hydrogen-bond donors (Lipinski definition) is 0. The second-order valence-corrected chi connectivity index (χ2v) is 27.9. The van der Waals surface area contributed by atoms with Gasteiger partial charge in [0.15, 0.2) is 0 Å². The van der Waals surface area contributed by atoms with Crippen LogP contribution in [-0.2, 0) is 53.2 Å². The molecule has 0 aromatic heterocycles. The summed E-state index contributed by atoms with van der Waals surface area (Å²) in [5.41, 5.74) is 0.681. The number of ether oxygens (including phenoxy) is 2. The lowest BCUT2D eigenvalue weighted by atomic mass is 10.4. The topological polar surface area (TPSA) is 126 Å². The summed E-state index contributed by atoms with van der Waals surface area (Å²) in [4.78, 5) is 23.4. The maximum atomic E-state index is 11.7. The van der Waals surface area contributed by atoms with Crippen molar-refractivity contribution in [1.82, 2.24) is 0 Å². The molecule has 0 saturated heterocycles. The Morgan fingerprint density at radius 2 is 0.805 bits per heavy atom. The van der Waals surface area contributed by atoms with Crippen LogP contribution in [-0.4, -0.2) is 96.9 Å². The molecule has 0 aliphatic carbocycles. The highest BCUT2D eigenvalue weighted by Crippen LogP contribution is 2.29. The van der Waals surface area contributed by atoms with Crippen LogP contribution in [0.2, 0.25) is 51.4 Å². The van der Waals surface area contributed by atoms with Gasteiger partial charge in [-0.15, -0.1) is 0 Å². The molecule has 0 unspecified atom stereocenters. The largest absolute Gasteiger partial charge is 0.491 e. The van der Waals surface area contributed by atoms with Gasteiger partial charge in [0.05, 0.1) is 13.2 Å². The van der Waals surface area contributed by atoms with Crippen LogP contribution in [0.1, 0.15) is 26.7 Å². The van der Waals surface area contributed by atoms with Crippen LogP contribution in [0.3, 0.4) is 0 Å². The van der Waals surface area contributed by atoms with Gasteiger partial charge in [-0.25, -0.2) is 9.59 Å². The van der Waals surface area contributed by atoms with Crippen molar-refractivity contribution in [3.8, 4) is 0 Å². The van der Waals surface area contributed by atoms with Crippen LogP contribution in [0.25, 0.3) is 0 Å². The van der Waals surface area contributed by atoms with Crippen molar-refractivity contribution in [2.24, 2.45) is 0 Å². The Morgan fingerprint density at radius 1 is 0.537 bits per heavy atom. The first kappa shape index (κ1) is 40.2. The van der Waals surface area contributed by atoms with Crippen molar-refractivity contribution in [3.05, 3.63) is 24.3 Å². The number of carbonyl (C=O) groups excluding carboxylic acids is 2. The predicted octanol–water partition coefficient (Wildman–Crippen LogP) is 4.64. The summed E-state index contributed by atoms with van der Waals surface area (Å²) in [6.07, 6.45) is 0.991. The van der Waals surface area contributed by atoms with E-state index >= 15 is 0 Å². The Labute approximate surface area is 252 Å². The second-order valence-electron chi connectivity index (χ2n) is 10.8. The fraction of sp³-hybridized carbons (Fsp3) is 0.750. The SMILES string of the molecule is C=C(C)C(=O)OCCC[Si](OC)(OC)O[Si](C)(C)O[Si](C)(C)O[Si](C)(C)O[Si](CCCOC(=O)C(=C)C)(OC)OC. The zero-order chi connectivity index (χ0) is 32.1. The number of hydrogen-bond acceptors (Lipinski definition) is 12. The molecule has 0 fully saturated rings. The van der Waals surface area contributed by atoms with Gasteiger partial charge in [-0.3, -0.25) is 0 Å². The summed E-state index contributed by atoms with van der Waals surface area (Å²) >= 11 is 0. The number of rotatable bonds is 22. The normalized spacial score (nSPS) is 13.2. The van der Waals surface area contributed by atoms with E-state index in [9.17, 15) is 9.59 Å². The minimum absolute atomic E-state index is 0.195. The molecular formula is C24H52O12Si5. The van der Waals surface area contributed by atoms with Crippen molar-refractivity contribution in [2.75, 3.05) is 41.7 Å². The molecule has 0 atom stereocenters. The van der Waals surface area contributed by atoms with E-state index in [4.69, 9.17) is 43.6 Å².